The topological polar surface area (TPSA) is 82.5 Å². The molecule has 0 saturated heterocycles. The lowest BCUT2D eigenvalue weighted by Gasteiger charge is -2.40. The summed E-state index contributed by atoms with van der Waals surface area (Å²) in [6.07, 6.45) is 5.41. The first kappa shape index (κ1) is 22.7. The van der Waals surface area contributed by atoms with Crippen molar-refractivity contribution >= 4 is 28.1 Å². The van der Waals surface area contributed by atoms with E-state index in [1.165, 1.54) is 39.7 Å². The van der Waals surface area contributed by atoms with E-state index in [0.29, 0.717) is 6.04 Å². The molecule has 2 heterocycles. The number of aromatic nitrogens is 1. The lowest BCUT2D eigenvalue weighted by Crippen LogP contribution is -2.47. The SMILES string of the molecule is CCN(CC)C(=O)[C@@H]1C=C2c3cccc4[nH]cc(c34)C[C@H]2N(C)C1.O=[N+]([O-])c1ccccc1. The first-order chi connectivity index (χ1) is 15.9. The Balaban J connectivity index is 0.000000243. The third-order valence-electron chi connectivity index (χ3n) is 6.63. The highest BCUT2D eigenvalue weighted by Crippen LogP contribution is 2.40. The van der Waals surface area contributed by atoms with E-state index in [1.54, 1.807) is 18.2 Å². The van der Waals surface area contributed by atoms with Crippen LogP contribution in [-0.4, -0.2) is 58.3 Å². The number of H-pyrrole nitrogens is 1. The zero-order chi connectivity index (χ0) is 23.5. The number of fused-ring (bicyclic) bond motifs is 2. The maximum absolute atomic E-state index is 12.9. The van der Waals surface area contributed by atoms with Gasteiger partial charge in [0, 0.05) is 54.9 Å². The van der Waals surface area contributed by atoms with Gasteiger partial charge in [-0.1, -0.05) is 36.4 Å². The van der Waals surface area contributed by atoms with Gasteiger partial charge in [-0.25, -0.2) is 0 Å². The van der Waals surface area contributed by atoms with Gasteiger partial charge in [-0.3, -0.25) is 19.8 Å². The van der Waals surface area contributed by atoms with Crippen LogP contribution in [-0.2, 0) is 11.2 Å². The number of nitrogens with zero attached hydrogens (tertiary/aromatic N) is 3. The molecule has 0 bridgehead atoms. The summed E-state index contributed by atoms with van der Waals surface area (Å²) in [7, 11) is 2.15. The molecule has 0 spiro atoms. The molecule has 2 atom stereocenters. The number of nitro benzene ring substituents is 1. The van der Waals surface area contributed by atoms with E-state index in [4.69, 9.17) is 0 Å². The summed E-state index contributed by atoms with van der Waals surface area (Å²) in [4.78, 5) is 30.2. The molecule has 172 valence electrons. The van der Waals surface area contributed by atoms with Crippen LogP contribution in [0.4, 0.5) is 5.69 Å². The van der Waals surface area contributed by atoms with Crippen molar-refractivity contribution in [2.24, 2.45) is 5.92 Å². The predicted octanol–water partition coefficient (Wildman–Crippen LogP) is 4.50. The fourth-order valence-electron chi connectivity index (χ4n) is 4.92. The molecule has 7 heteroatoms. The number of hydrogen-bond acceptors (Lipinski definition) is 4. The number of aromatic amines is 1. The molecule has 0 saturated carbocycles. The van der Waals surface area contributed by atoms with E-state index in [2.05, 4.69) is 61.3 Å². The third-order valence-corrected chi connectivity index (χ3v) is 6.63. The zero-order valence-corrected chi connectivity index (χ0v) is 19.3. The number of hydrogen-bond donors (Lipinski definition) is 1. The Morgan fingerprint density at radius 2 is 1.88 bits per heavy atom. The van der Waals surface area contributed by atoms with Crippen LogP contribution in [0.25, 0.3) is 16.5 Å². The minimum atomic E-state index is -0.417. The summed E-state index contributed by atoms with van der Waals surface area (Å²) < 4.78 is 0. The Morgan fingerprint density at radius 1 is 1.15 bits per heavy atom. The molecule has 3 aromatic rings. The number of amides is 1. The smallest absolute Gasteiger partial charge is 0.269 e. The maximum atomic E-state index is 12.9. The number of non-ortho nitro benzene ring substituents is 1. The fraction of sp³-hybridized carbons (Fsp3) is 0.346. The van der Waals surface area contributed by atoms with Crippen LogP contribution in [0.3, 0.4) is 0 Å². The highest BCUT2D eigenvalue weighted by atomic mass is 16.6. The first-order valence-electron chi connectivity index (χ1n) is 11.4. The predicted molar refractivity (Wildman–Crippen MR) is 131 cm³/mol. The van der Waals surface area contributed by atoms with Crippen LogP contribution in [0.2, 0.25) is 0 Å². The molecule has 0 fully saturated rings. The Morgan fingerprint density at radius 3 is 2.52 bits per heavy atom. The van der Waals surface area contributed by atoms with Crippen molar-refractivity contribution in [1.29, 1.82) is 0 Å². The highest BCUT2D eigenvalue weighted by molar-refractivity contribution is 5.99. The number of para-hydroxylation sites is 1. The van der Waals surface area contributed by atoms with Crippen LogP contribution < -0.4 is 0 Å². The number of likely N-dealkylation sites (N-methyl/N-ethyl adjacent to an activating group) is 1. The standard InChI is InChI=1S/C20H25N3O.C6H5NO2/c1-4-23(5-2)20(24)14-9-16-15-7-6-8-17-19(15)13(11-21-17)10-18(16)22(3)12-14;8-7(9)6-4-2-1-3-5-6/h6-9,11,14,18,21H,4-5,10,12H2,1-3H3;1-5H/t14-,18-;/m1./s1. The molecule has 0 unspecified atom stereocenters. The second-order valence-electron chi connectivity index (χ2n) is 8.53. The monoisotopic (exact) mass is 446 g/mol. The van der Waals surface area contributed by atoms with E-state index in [-0.39, 0.29) is 17.5 Å². The van der Waals surface area contributed by atoms with Gasteiger partial charge in [0.2, 0.25) is 5.91 Å². The number of nitro groups is 1. The molecule has 2 aliphatic rings. The normalized spacial score (nSPS) is 19.2. The minimum Gasteiger partial charge on any atom is -0.361 e. The van der Waals surface area contributed by atoms with Gasteiger partial charge in [-0.15, -0.1) is 0 Å². The largest absolute Gasteiger partial charge is 0.361 e. The summed E-state index contributed by atoms with van der Waals surface area (Å²) in [6.45, 7) is 6.47. The van der Waals surface area contributed by atoms with Crippen LogP contribution in [0.5, 0.6) is 0 Å². The molecule has 1 aromatic heterocycles. The Labute approximate surface area is 193 Å². The van der Waals surface area contributed by atoms with Crippen molar-refractivity contribution in [1.82, 2.24) is 14.8 Å². The molecule has 33 heavy (non-hydrogen) atoms. The maximum Gasteiger partial charge on any atom is 0.269 e. The zero-order valence-electron chi connectivity index (χ0n) is 19.3. The molecule has 1 aliphatic carbocycles. The van der Waals surface area contributed by atoms with Gasteiger partial charge in [0.1, 0.15) is 0 Å². The Bertz CT molecular complexity index is 1180. The lowest BCUT2D eigenvalue weighted by molar-refractivity contribution is -0.384. The summed E-state index contributed by atoms with van der Waals surface area (Å²) in [5.74, 6) is 0.210. The van der Waals surface area contributed by atoms with Crippen molar-refractivity contribution in [3.63, 3.8) is 0 Å². The van der Waals surface area contributed by atoms with Gasteiger partial charge in [0.05, 0.1) is 10.8 Å². The Kier molecular flexibility index (Phi) is 6.60. The van der Waals surface area contributed by atoms with Crippen molar-refractivity contribution < 1.29 is 9.72 Å². The molecular weight excluding hydrogens is 416 g/mol. The highest BCUT2D eigenvalue weighted by Gasteiger charge is 2.36. The molecule has 0 radical (unpaired) electrons. The number of benzene rings is 2. The van der Waals surface area contributed by atoms with Crippen LogP contribution in [0.15, 0.2) is 60.8 Å². The van der Waals surface area contributed by atoms with Gasteiger partial charge in [-0.05, 0) is 50.1 Å². The molecule has 1 N–H and O–H groups in total. The van der Waals surface area contributed by atoms with Crippen molar-refractivity contribution in [3.05, 3.63) is 82.0 Å². The lowest BCUT2D eigenvalue weighted by atomic mass is 9.79. The van der Waals surface area contributed by atoms with E-state index in [1.807, 2.05) is 4.90 Å². The van der Waals surface area contributed by atoms with E-state index in [9.17, 15) is 14.9 Å². The van der Waals surface area contributed by atoms with Crippen molar-refractivity contribution in [2.45, 2.75) is 26.3 Å². The molecule has 1 aliphatic heterocycles. The van der Waals surface area contributed by atoms with E-state index in [0.717, 1.165) is 26.1 Å². The van der Waals surface area contributed by atoms with Gasteiger partial charge >= 0.3 is 0 Å². The third kappa shape index (κ3) is 4.41. The number of carbonyl (C=O) groups excluding carboxylic acids is 1. The second kappa shape index (κ2) is 9.58. The summed E-state index contributed by atoms with van der Waals surface area (Å²) >= 11 is 0. The van der Waals surface area contributed by atoms with Crippen LogP contribution >= 0.6 is 0 Å². The minimum absolute atomic E-state index is 0.0445. The molecular formula is C26H30N4O3. The van der Waals surface area contributed by atoms with Gasteiger partial charge < -0.3 is 9.88 Å². The Hall–Kier alpha value is -3.45. The molecule has 5 rings (SSSR count). The van der Waals surface area contributed by atoms with Gasteiger partial charge in [0.25, 0.3) is 5.69 Å². The number of rotatable bonds is 4. The van der Waals surface area contributed by atoms with Crippen molar-refractivity contribution in [2.75, 3.05) is 26.7 Å². The number of nitrogens with one attached hydrogen (secondary N) is 1. The molecule has 7 nitrogen and oxygen atoms in total. The van der Waals surface area contributed by atoms with Crippen LogP contribution in [0.1, 0.15) is 25.0 Å². The van der Waals surface area contributed by atoms with Crippen LogP contribution in [0, 0.1) is 16.0 Å². The summed E-state index contributed by atoms with van der Waals surface area (Å²) in [6, 6.07) is 14.8. The number of carbonyl (C=O) groups is 1. The first-order valence-corrected chi connectivity index (χ1v) is 11.4. The summed E-state index contributed by atoms with van der Waals surface area (Å²) in [5.41, 5.74) is 5.35. The fourth-order valence-corrected chi connectivity index (χ4v) is 4.92. The average Bonchev–Trinajstić information content (AvgIpc) is 3.25. The molecule has 1 amide bonds. The van der Waals surface area contributed by atoms with Crippen molar-refractivity contribution in [3.8, 4) is 0 Å². The summed E-state index contributed by atoms with van der Waals surface area (Å²) in [5, 5.41) is 11.3. The van der Waals surface area contributed by atoms with Gasteiger partial charge in [-0.2, -0.15) is 0 Å². The van der Waals surface area contributed by atoms with Gasteiger partial charge in [0.15, 0.2) is 0 Å². The quantitative estimate of drug-likeness (QED) is 0.472. The average molecular weight is 447 g/mol. The second-order valence-corrected chi connectivity index (χ2v) is 8.53. The molecule has 2 aromatic carbocycles. The van der Waals surface area contributed by atoms with E-state index >= 15 is 0 Å². The van der Waals surface area contributed by atoms with E-state index < -0.39 is 4.92 Å².